The quantitative estimate of drug-likeness (QED) is 0.176. The van der Waals surface area contributed by atoms with Crippen LogP contribution in [0, 0.1) is 0 Å². The van der Waals surface area contributed by atoms with Crippen LogP contribution in [0.15, 0.2) is 192 Å². The van der Waals surface area contributed by atoms with E-state index in [-0.39, 0.29) is 0 Å². The molecule has 0 bridgehead atoms. The molecular formula is C49H31N3O. The number of rotatable bonds is 6. The largest absolute Gasteiger partial charge is 0.455 e. The Morgan fingerprint density at radius 1 is 0.264 bits per heavy atom. The van der Waals surface area contributed by atoms with E-state index in [9.17, 15) is 0 Å². The fourth-order valence-corrected chi connectivity index (χ4v) is 7.32. The number of aromatic nitrogens is 3. The van der Waals surface area contributed by atoms with Gasteiger partial charge in [-0.1, -0.05) is 170 Å². The van der Waals surface area contributed by atoms with Gasteiger partial charge in [0, 0.05) is 27.3 Å². The molecule has 248 valence electrons. The highest BCUT2D eigenvalue weighted by atomic mass is 16.3. The van der Waals surface area contributed by atoms with Crippen LogP contribution >= 0.6 is 0 Å². The summed E-state index contributed by atoms with van der Waals surface area (Å²) >= 11 is 0. The molecule has 8 aromatic carbocycles. The third kappa shape index (κ3) is 5.54. The van der Waals surface area contributed by atoms with Crippen molar-refractivity contribution in [1.82, 2.24) is 15.0 Å². The summed E-state index contributed by atoms with van der Waals surface area (Å²) in [6.45, 7) is 0. The fraction of sp³-hybridized carbons (Fsp3) is 0. The third-order valence-corrected chi connectivity index (χ3v) is 9.94. The average molecular weight is 678 g/mol. The highest BCUT2D eigenvalue weighted by Crippen LogP contribution is 2.42. The number of benzene rings is 8. The van der Waals surface area contributed by atoms with E-state index in [0.29, 0.717) is 17.5 Å². The van der Waals surface area contributed by atoms with Gasteiger partial charge in [-0.15, -0.1) is 0 Å². The highest BCUT2D eigenvalue weighted by Gasteiger charge is 2.20. The molecule has 0 aliphatic rings. The van der Waals surface area contributed by atoms with Crippen LogP contribution in [0.2, 0.25) is 0 Å². The Balaban J connectivity index is 1.18. The lowest BCUT2D eigenvalue weighted by Gasteiger charge is -2.10. The van der Waals surface area contributed by atoms with Gasteiger partial charge in [-0.25, -0.2) is 15.0 Å². The Morgan fingerprint density at radius 2 is 0.736 bits per heavy atom. The molecule has 2 heterocycles. The zero-order valence-corrected chi connectivity index (χ0v) is 28.6. The van der Waals surface area contributed by atoms with Crippen molar-refractivity contribution in [3.63, 3.8) is 0 Å². The zero-order chi connectivity index (χ0) is 35.1. The van der Waals surface area contributed by atoms with Gasteiger partial charge in [0.1, 0.15) is 11.2 Å². The van der Waals surface area contributed by atoms with Crippen molar-refractivity contribution in [3.8, 4) is 67.5 Å². The maximum atomic E-state index is 6.87. The minimum absolute atomic E-state index is 0.555. The SMILES string of the molecule is c1ccc(-c2ccc(-c3nc(-c4cccc(-c5ccccc5)c4)nc(-c4cccc5c4oc4c6ccccc6c(-c6ccccc6)cc54)n3)cc2)cc1. The smallest absolute Gasteiger partial charge is 0.167 e. The van der Waals surface area contributed by atoms with Gasteiger partial charge in [0.25, 0.3) is 0 Å². The summed E-state index contributed by atoms with van der Waals surface area (Å²) in [6, 6.07) is 65.1. The molecule has 0 atom stereocenters. The minimum atomic E-state index is 0.555. The lowest BCUT2D eigenvalue weighted by Crippen LogP contribution is -2.00. The van der Waals surface area contributed by atoms with Crippen LogP contribution in [0.3, 0.4) is 0 Å². The van der Waals surface area contributed by atoms with Crippen molar-refractivity contribution in [2.45, 2.75) is 0 Å². The number of para-hydroxylation sites is 1. The molecule has 2 aromatic heterocycles. The minimum Gasteiger partial charge on any atom is -0.455 e. The van der Waals surface area contributed by atoms with E-state index in [0.717, 1.165) is 71.7 Å². The summed E-state index contributed by atoms with van der Waals surface area (Å²) < 4.78 is 6.87. The molecule has 0 aliphatic heterocycles. The van der Waals surface area contributed by atoms with Gasteiger partial charge >= 0.3 is 0 Å². The van der Waals surface area contributed by atoms with Crippen molar-refractivity contribution < 1.29 is 4.42 Å². The lowest BCUT2D eigenvalue weighted by atomic mass is 9.95. The van der Waals surface area contributed by atoms with E-state index in [4.69, 9.17) is 19.4 Å². The molecule has 10 rings (SSSR count). The molecule has 0 saturated heterocycles. The van der Waals surface area contributed by atoms with Crippen LogP contribution < -0.4 is 0 Å². The molecule has 0 radical (unpaired) electrons. The second-order valence-electron chi connectivity index (χ2n) is 13.2. The van der Waals surface area contributed by atoms with E-state index >= 15 is 0 Å². The Morgan fingerprint density at radius 3 is 1.45 bits per heavy atom. The number of furan rings is 1. The zero-order valence-electron chi connectivity index (χ0n) is 28.6. The number of nitrogens with zero attached hydrogens (tertiary/aromatic N) is 3. The van der Waals surface area contributed by atoms with Crippen molar-refractivity contribution in [2.75, 3.05) is 0 Å². The average Bonchev–Trinajstić information content (AvgIpc) is 3.63. The van der Waals surface area contributed by atoms with E-state index in [1.54, 1.807) is 0 Å². The van der Waals surface area contributed by atoms with Crippen LogP contribution in [0.4, 0.5) is 0 Å². The van der Waals surface area contributed by atoms with E-state index in [1.807, 2.05) is 18.2 Å². The summed E-state index contributed by atoms with van der Waals surface area (Å²) in [7, 11) is 0. The molecule has 4 nitrogen and oxygen atoms in total. The summed E-state index contributed by atoms with van der Waals surface area (Å²) in [4.78, 5) is 15.4. The first-order valence-corrected chi connectivity index (χ1v) is 17.8. The Bertz CT molecular complexity index is 2920. The van der Waals surface area contributed by atoms with Gasteiger partial charge in [0.2, 0.25) is 0 Å². The molecule has 0 aliphatic carbocycles. The monoisotopic (exact) mass is 677 g/mol. The van der Waals surface area contributed by atoms with Crippen LogP contribution in [0.1, 0.15) is 0 Å². The van der Waals surface area contributed by atoms with Crippen LogP contribution in [-0.4, -0.2) is 15.0 Å². The lowest BCUT2D eigenvalue weighted by molar-refractivity contribution is 0.673. The number of hydrogen-bond acceptors (Lipinski definition) is 4. The van der Waals surface area contributed by atoms with Crippen molar-refractivity contribution >= 4 is 32.7 Å². The van der Waals surface area contributed by atoms with Gasteiger partial charge in [-0.05, 0) is 57.0 Å². The maximum Gasteiger partial charge on any atom is 0.167 e. The Labute approximate surface area is 306 Å². The van der Waals surface area contributed by atoms with E-state index < -0.39 is 0 Å². The third-order valence-electron chi connectivity index (χ3n) is 9.94. The van der Waals surface area contributed by atoms with Gasteiger partial charge in [-0.2, -0.15) is 0 Å². The first kappa shape index (κ1) is 30.6. The summed E-state index contributed by atoms with van der Waals surface area (Å²) in [6.07, 6.45) is 0. The first-order valence-electron chi connectivity index (χ1n) is 17.8. The highest BCUT2D eigenvalue weighted by molar-refractivity contribution is 6.20. The summed E-state index contributed by atoms with van der Waals surface area (Å²) in [5.41, 5.74) is 11.1. The van der Waals surface area contributed by atoms with Gasteiger partial charge in [-0.3, -0.25) is 0 Å². The normalized spacial score (nSPS) is 11.4. The maximum absolute atomic E-state index is 6.87. The van der Waals surface area contributed by atoms with Gasteiger partial charge in [0.15, 0.2) is 17.5 Å². The van der Waals surface area contributed by atoms with Crippen molar-refractivity contribution in [2.24, 2.45) is 0 Å². The molecule has 0 fully saturated rings. The molecule has 0 unspecified atom stereocenters. The van der Waals surface area contributed by atoms with Crippen LogP contribution in [-0.2, 0) is 0 Å². The molecule has 0 saturated carbocycles. The van der Waals surface area contributed by atoms with Crippen LogP contribution in [0.5, 0.6) is 0 Å². The number of fused-ring (bicyclic) bond motifs is 5. The molecular weight excluding hydrogens is 647 g/mol. The molecule has 4 heteroatoms. The molecule has 0 spiro atoms. The predicted molar refractivity (Wildman–Crippen MR) is 217 cm³/mol. The van der Waals surface area contributed by atoms with Gasteiger partial charge < -0.3 is 4.42 Å². The van der Waals surface area contributed by atoms with Crippen LogP contribution in [0.25, 0.3) is 100 Å². The topological polar surface area (TPSA) is 51.8 Å². The van der Waals surface area contributed by atoms with E-state index in [2.05, 4.69) is 170 Å². The van der Waals surface area contributed by atoms with Crippen molar-refractivity contribution in [1.29, 1.82) is 0 Å². The predicted octanol–water partition coefficient (Wildman–Crippen LogP) is 12.9. The standard InChI is InChI=1S/C49H31N3O/c1-4-14-32(15-5-1)34-26-28-36(29-27-34)47-50-48(38-21-12-20-37(30-38)33-16-6-2-7-17-33)52-49(51-47)42-25-13-24-41-44-31-43(35-18-8-3-9-19-35)39-22-10-11-23-40(39)46(44)53-45(41)42/h1-31H. The molecule has 0 amide bonds. The van der Waals surface area contributed by atoms with Crippen molar-refractivity contribution in [3.05, 3.63) is 188 Å². The second kappa shape index (κ2) is 12.9. The fourth-order valence-electron chi connectivity index (χ4n) is 7.32. The molecule has 0 N–H and O–H groups in total. The second-order valence-corrected chi connectivity index (χ2v) is 13.2. The van der Waals surface area contributed by atoms with E-state index in [1.165, 1.54) is 11.1 Å². The Hall–Kier alpha value is -7.17. The number of hydrogen-bond donors (Lipinski definition) is 0. The summed E-state index contributed by atoms with van der Waals surface area (Å²) in [5, 5.41) is 4.29. The molecule has 10 aromatic rings. The first-order chi connectivity index (χ1) is 26.3. The summed E-state index contributed by atoms with van der Waals surface area (Å²) in [5.74, 6) is 1.75. The molecule has 53 heavy (non-hydrogen) atoms. The Kier molecular flexibility index (Phi) is 7.43. The van der Waals surface area contributed by atoms with Gasteiger partial charge in [0.05, 0.1) is 5.56 Å².